The van der Waals surface area contributed by atoms with Crippen LogP contribution in [0.1, 0.15) is 69.8 Å². The minimum Gasteiger partial charge on any atom is -0.429 e. The molecule has 2 aliphatic carbocycles. The maximum absolute atomic E-state index is 14.1. The van der Waals surface area contributed by atoms with Crippen LogP contribution in [0.2, 0.25) is 0 Å². The van der Waals surface area contributed by atoms with Crippen molar-refractivity contribution in [1.29, 1.82) is 0 Å². The van der Waals surface area contributed by atoms with Gasteiger partial charge in [-0.3, -0.25) is 0 Å². The fraction of sp³-hybridized carbons (Fsp3) is 0.538. The van der Waals surface area contributed by atoms with Crippen LogP contribution in [0.15, 0.2) is 36.4 Å². The molecule has 2 saturated carbocycles. The van der Waals surface area contributed by atoms with Crippen LogP contribution in [0.5, 0.6) is 5.75 Å². The lowest BCUT2D eigenvalue weighted by Gasteiger charge is -2.42. The summed E-state index contributed by atoms with van der Waals surface area (Å²) in [5.41, 5.74) is 2.23. The minimum absolute atomic E-state index is 0.307. The average Bonchev–Trinajstić information content (AvgIpc) is 2.76. The third-order valence-electron chi connectivity index (χ3n) is 7.34. The van der Waals surface area contributed by atoms with Gasteiger partial charge in [0.25, 0.3) is 0 Å². The van der Waals surface area contributed by atoms with Gasteiger partial charge in [0, 0.05) is 0 Å². The number of hydrogen-bond donors (Lipinski definition) is 0. The highest BCUT2D eigenvalue weighted by atomic mass is 19.3. The molecule has 2 fully saturated rings. The van der Waals surface area contributed by atoms with Crippen molar-refractivity contribution in [1.82, 2.24) is 0 Å². The van der Waals surface area contributed by atoms with E-state index in [9.17, 15) is 17.6 Å². The largest absolute Gasteiger partial charge is 0.429 e. The predicted molar refractivity (Wildman–Crippen MR) is 114 cm³/mol. The second-order valence-electron chi connectivity index (χ2n) is 9.27. The fourth-order valence-corrected chi connectivity index (χ4v) is 5.84. The fourth-order valence-electron chi connectivity index (χ4n) is 5.84. The lowest BCUT2D eigenvalue weighted by Crippen LogP contribution is -2.30. The molecule has 1 nitrogen and oxygen atoms in total. The summed E-state index contributed by atoms with van der Waals surface area (Å²) in [7, 11) is 0. The Morgan fingerprint density at radius 3 is 2.16 bits per heavy atom. The first-order chi connectivity index (χ1) is 14.9. The molecule has 0 saturated heterocycles. The molecule has 2 aliphatic rings. The molecule has 0 N–H and O–H groups in total. The molecule has 4 atom stereocenters. The van der Waals surface area contributed by atoms with Crippen molar-refractivity contribution in [3.63, 3.8) is 0 Å². The van der Waals surface area contributed by atoms with E-state index in [4.69, 9.17) is 0 Å². The number of hydrogen-bond acceptors (Lipinski definition) is 1. The highest BCUT2D eigenvalue weighted by Crippen LogP contribution is 2.48. The van der Waals surface area contributed by atoms with Crippen molar-refractivity contribution in [3.05, 3.63) is 53.6 Å². The van der Waals surface area contributed by atoms with Crippen LogP contribution in [-0.2, 0) is 0 Å². The quantitative estimate of drug-likeness (QED) is 0.415. The van der Waals surface area contributed by atoms with E-state index < -0.39 is 24.0 Å². The van der Waals surface area contributed by atoms with Crippen molar-refractivity contribution < 1.29 is 22.3 Å². The van der Waals surface area contributed by atoms with Gasteiger partial charge < -0.3 is 4.74 Å². The number of rotatable bonds is 6. The van der Waals surface area contributed by atoms with Crippen LogP contribution in [-0.4, -0.2) is 6.61 Å². The zero-order valence-corrected chi connectivity index (χ0v) is 17.9. The maximum Gasteiger partial charge on any atom is 0.387 e. The van der Waals surface area contributed by atoms with Crippen molar-refractivity contribution in [2.75, 3.05) is 0 Å². The molecule has 2 aromatic carbocycles. The van der Waals surface area contributed by atoms with Crippen LogP contribution < -0.4 is 4.74 Å². The van der Waals surface area contributed by atoms with E-state index in [1.807, 2.05) is 24.3 Å². The summed E-state index contributed by atoms with van der Waals surface area (Å²) in [5.74, 6) is -0.153. The van der Waals surface area contributed by atoms with Crippen LogP contribution in [0.25, 0.3) is 11.1 Å². The van der Waals surface area contributed by atoms with Gasteiger partial charge in [-0.15, -0.1) is 0 Å². The Kier molecular flexibility index (Phi) is 6.88. The summed E-state index contributed by atoms with van der Waals surface area (Å²) in [5, 5.41) is 0. The predicted octanol–water partition coefficient (Wildman–Crippen LogP) is 8.33. The molecule has 4 unspecified atom stereocenters. The second kappa shape index (κ2) is 9.62. The monoisotopic (exact) mass is 434 g/mol. The van der Waals surface area contributed by atoms with Crippen LogP contribution in [0.4, 0.5) is 17.6 Å². The Labute approximate surface area is 181 Å². The normalized spacial score (nSPS) is 26.0. The van der Waals surface area contributed by atoms with Crippen molar-refractivity contribution in [2.24, 2.45) is 17.8 Å². The molecule has 31 heavy (non-hydrogen) atoms. The molecule has 0 bridgehead atoms. The SMILES string of the molecule is CCCC1CCC2CC(c3ccc(-c4cc(F)c(OC(F)F)c(F)c4)cc3)CCC2C1. The summed E-state index contributed by atoms with van der Waals surface area (Å²) < 4.78 is 56.7. The average molecular weight is 435 g/mol. The van der Waals surface area contributed by atoms with Gasteiger partial charge in [-0.25, -0.2) is 8.78 Å². The second-order valence-corrected chi connectivity index (χ2v) is 9.27. The van der Waals surface area contributed by atoms with E-state index >= 15 is 0 Å². The maximum atomic E-state index is 14.1. The van der Waals surface area contributed by atoms with E-state index in [0.29, 0.717) is 17.0 Å². The lowest BCUT2D eigenvalue weighted by molar-refractivity contribution is -0.0546. The van der Waals surface area contributed by atoms with Gasteiger partial charge in [0.05, 0.1) is 0 Å². The summed E-state index contributed by atoms with van der Waals surface area (Å²) in [6.45, 7) is -0.994. The summed E-state index contributed by atoms with van der Waals surface area (Å²) >= 11 is 0. The van der Waals surface area contributed by atoms with Crippen molar-refractivity contribution in [3.8, 4) is 16.9 Å². The molecule has 4 rings (SSSR count). The molecule has 0 amide bonds. The Hall–Kier alpha value is -2.04. The van der Waals surface area contributed by atoms with E-state index in [1.165, 1.54) is 56.9 Å². The van der Waals surface area contributed by atoms with Gasteiger partial charge in [-0.05, 0) is 84.6 Å². The Bertz CT molecular complexity index is 856. The first kappa shape index (κ1) is 22.2. The number of alkyl halides is 2. The van der Waals surface area contributed by atoms with Gasteiger partial charge in [-0.2, -0.15) is 8.78 Å². The summed E-state index contributed by atoms with van der Waals surface area (Å²) in [6, 6.07) is 9.89. The van der Waals surface area contributed by atoms with Gasteiger partial charge in [-0.1, -0.05) is 50.5 Å². The van der Waals surface area contributed by atoms with E-state index in [1.54, 1.807) is 0 Å². The summed E-state index contributed by atoms with van der Waals surface area (Å²) in [6.07, 6.45) is 10.5. The first-order valence-corrected chi connectivity index (χ1v) is 11.5. The number of halogens is 4. The van der Waals surface area contributed by atoms with Gasteiger partial charge in [0.1, 0.15) is 0 Å². The molecule has 0 aliphatic heterocycles. The Balaban J connectivity index is 1.43. The molecular formula is C26H30F4O. The van der Waals surface area contributed by atoms with E-state index in [-0.39, 0.29) is 0 Å². The van der Waals surface area contributed by atoms with E-state index in [2.05, 4.69) is 11.7 Å². The minimum atomic E-state index is -3.27. The molecule has 0 aromatic heterocycles. The lowest BCUT2D eigenvalue weighted by atomic mass is 9.63. The highest BCUT2D eigenvalue weighted by Gasteiger charge is 2.35. The topological polar surface area (TPSA) is 9.23 Å². The molecule has 168 valence electrons. The van der Waals surface area contributed by atoms with E-state index in [0.717, 1.165) is 29.9 Å². The van der Waals surface area contributed by atoms with Gasteiger partial charge in [0.2, 0.25) is 0 Å². The molecular weight excluding hydrogens is 404 g/mol. The standard InChI is InChI=1S/C26H30F4O/c1-2-3-16-4-5-21-13-20(11-10-19(21)12-16)17-6-8-18(9-7-17)22-14-23(27)25(24(28)15-22)31-26(29)30/h6-9,14-16,19-21,26H,2-5,10-13H2,1H3. The van der Waals surface area contributed by atoms with Crippen molar-refractivity contribution in [2.45, 2.75) is 70.8 Å². The third-order valence-corrected chi connectivity index (χ3v) is 7.34. The zero-order chi connectivity index (χ0) is 22.0. The summed E-state index contributed by atoms with van der Waals surface area (Å²) in [4.78, 5) is 0. The van der Waals surface area contributed by atoms with Crippen LogP contribution >= 0.6 is 0 Å². The number of benzene rings is 2. The zero-order valence-electron chi connectivity index (χ0n) is 17.9. The molecule has 0 spiro atoms. The van der Waals surface area contributed by atoms with Gasteiger partial charge in [0.15, 0.2) is 17.4 Å². The smallest absolute Gasteiger partial charge is 0.387 e. The molecule has 5 heteroatoms. The molecule has 0 radical (unpaired) electrons. The van der Waals surface area contributed by atoms with Crippen LogP contribution in [0.3, 0.4) is 0 Å². The molecule has 0 heterocycles. The Morgan fingerprint density at radius 1 is 0.871 bits per heavy atom. The third kappa shape index (κ3) is 5.07. The Morgan fingerprint density at radius 2 is 1.52 bits per heavy atom. The number of fused-ring (bicyclic) bond motifs is 1. The number of ether oxygens (including phenoxy) is 1. The van der Waals surface area contributed by atoms with Gasteiger partial charge >= 0.3 is 6.61 Å². The highest BCUT2D eigenvalue weighted by molar-refractivity contribution is 5.65. The molecule has 2 aromatic rings. The first-order valence-electron chi connectivity index (χ1n) is 11.5. The van der Waals surface area contributed by atoms with Crippen molar-refractivity contribution >= 4 is 0 Å². The van der Waals surface area contributed by atoms with Crippen LogP contribution in [0, 0.1) is 29.4 Å².